The molecule has 8 heteroatoms. The van der Waals surface area contributed by atoms with E-state index in [0.717, 1.165) is 25.6 Å². The molecule has 0 radical (unpaired) electrons. The monoisotopic (exact) mass is 370 g/mol. The minimum absolute atomic E-state index is 0.0503. The first-order valence-electron chi connectivity index (χ1n) is 8.00. The van der Waals surface area contributed by atoms with Crippen molar-refractivity contribution in [2.24, 2.45) is 0 Å². The summed E-state index contributed by atoms with van der Waals surface area (Å²) in [4.78, 5) is 13.5. The number of nitrogens with zero attached hydrogens (tertiary/aromatic N) is 1. The highest BCUT2D eigenvalue weighted by Crippen LogP contribution is 2.19. The number of hydrogen-bond donors (Lipinski definition) is 3. The van der Waals surface area contributed by atoms with Crippen molar-refractivity contribution in [1.82, 2.24) is 15.5 Å². The Morgan fingerprint density at radius 3 is 2.72 bits per heavy atom. The second-order valence-electron chi connectivity index (χ2n) is 5.87. The van der Waals surface area contributed by atoms with Gasteiger partial charge in [-0.3, -0.25) is 9.69 Å². The summed E-state index contributed by atoms with van der Waals surface area (Å²) in [6, 6.07) is 3.77. The molecule has 3 N–H and O–H groups in total. The Morgan fingerprint density at radius 1 is 1.44 bits per heavy atom. The lowest BCUT2D eigenvalue weighted by atomic mass is 10.0. The van der Waals surface area contributed by atoms with Crippen LogP contribution in [0.1, 0.15) is 18.4 Å². The first-order chi connectivity index (χ1) is 12.0. The van der Waals surface area contributed by atoms with E-state index < -0.39 is 17.5 Å². The van der Waals surface area contributed by atoms with Crippen molar-refractivity contribution in [3.05, 3.63) is 46.1 Å². The van der Waals surface area contributed by atoms with Crippen LogP contribution in [0.3, 0.4) is 0 Å². The van der Waals surface area contributed by atoms with E-state index in [4.69, 9.17) is 17.0 Å². The van der Waals surface area contributed by atoms with Crippen LogP contribution in [0.25, 0.3) is 0 Å². The Morgan fingerprint density at radius 2 is 2.12 bits per heavy atom. The molecule has 1 saturated heterocycles. The first kappa shape index (κ1) is 19.3. The van der Waals surface area contributed by atoms with E-state index in [1.54, 1.807) is 0 Å². The Bertz CT molecular complexity index is 660. The number of amides is 1. The molecular formula is C17H21ClF2N4O. The molecule has 0 aliphatic carbocycles. The maximum Gasteiger partial charge on any atom is 0.264 e. The smallest absolute Gasteiger partial charge is 0.264 e. The van der Waals surface area contributed by atoms with E-state index in [1.807, 2.05) is 4.90 Å². The average molecular weight is 371 g/mol. The number of carbonyl (C=O) groups is 1. The predicted molar refractivity (Wildman–Crippen MR) is 93.5 cm³/mol. The zero-order valence-electron chi connectivity index (χ0n) is 13.9. The number of allylic oxidation sites excluding steroid dienone is 1. The highest BCUT2D eigenvalue weighted by Gasteiger charge is 2.23. The van der Waals surface area contributed by atoms with Gasteiger partial charge < -0.3 is 16.0 Å². The number of carbonyl (C=O) groups excluding carboxylic acids is 1. The first-order valence-corrected chi connectivity index (χ1v) is 8.38. The number of nitrogens with one attached hydrogen (secondary N) is 3. The normalized spacial score (nSPS) is 19.1. The summed E-state index contributed by atoms with van der Waals surface area (Å²) >= 11 is 5.97. The maximum atomic E-state index is 13.8. The molecule has 136 valence electrons. The third-order valence-electron chi connectivity index (χ3n) is 4.12. The molecule has 1 amide bonds. The van der Waals surface area contributed by atoms with E-state index in [0.29, 0.717) is 6.54 Å². The van der Waals surface area contributed by atoms with Crippen molar-refractivity contribution >= 4 is 23.7 Å². The molecular weight excluding hydrogens is 350 g/mol. The van der Waals surface area contributed by atoms with Gasteiger partial charge in [-0.05, 0) is 31.5 Å². The molecule has 0 saturated carbocycles. The number of halogens is 3. The summed E-state index contributed by atoms with van der Waals surface area (Å²) in [6.07, 6.45) is 2.63. The Kier molecular flexibility index (Phi) is 6.90. The molecule has 1 heterocycles. The second kappa shape index (κ2) is 8.92. The van der Waals surface area contributed by atoms with Crippen LogP contribution in [0.2, 0.25) is 0 Å². The van der Waals surface area contributed by atoms with E-state index in [9.17, 15) is 13.6 Å². The van der Waals surface area contributed by atoms with E-state index in [2.05, 4.69) is 10.6 Å². The number of likely N-dealkylation sites (tertiary alicyclic amines) is 1. The number of rotatable bonds is 6. The Balaban J connectivity index is 2.05. The van der Waals surface area contributed by atoms with Gasteiger partial charge in [0.2, 0.25) is 0 Å². The largest absolute Gasteiger partial charge is 0.378 e. The van der Waals surface area contributed by atoms with Crippen LogP contribution in [0.4, 0.5) is 8.78 Å². The maximum absolute atomic E-state index is 13.8. The predicted octanol–water partition coefficient (Wildman–Crippen LogP) is 2.36. The molecule has 1 aliphatic heterocycles. The minimum atomic E-state index is -0.558. The van der Waals surface area contributed by atoms with Crippen LogP contribution in [0.5, 0.6) is 0 Å². The van der Waals surface area contributed by atoms with Crippen LogP contribution in [0, 0.1) is 17.0 Å². The van der Waals surface area contributed by atoms with Crippen LogP contribution >= 0.6 is 11.6 Å². The van der Waals surface area contributed by atoms with Gasteiger partial charge in [0.05, 0.1) is 5.70 Å². The average Bonchev–Trinajstić information content (AvgIpc) is 2.62. The molecule has 1 aromatic rings. The summed E-state index contributed by atoms with van der Waals surface area (Å²) in [7, 11) is 1.46. The fraction of sp³-hybridized carbons (Fsp3) is 0.412. The second-order valence-corrected chi connectivity index (χ2v) is 6.25. The van der Waals surface area contributed by atoms with Crippen molar-refractivity contribution in [1.29, 1.82) is 5.41 Å². The van der Waals surface area contributed by atoms with Crippen molar-refractivity contribution in [3.63, 3.8) is 0 Å². The lowest BCUT2D eigenvalue weighted by Gasteiger charge is -2.34. The van der Waals surface area contributed by atoms with Crippen LogP contribution in [0.15, 0.2) is 28.9 Å². The van der Waals surface area contributed by atoms with Gasteiger partial charge in [-0.2, -0.15) is 0 Å². The van der Waals surface area contributed by atoms with E-state index in [-0.39, 0.29) is 28.9 Å². The molecule has 1 atom stereocenters. The summed E-state index contributed by atoms with van der Waals surface area (Å²) in [5.74, 6) is -1.59. The van der Waals surface area contributed by atoms with Gasteiger partial charge in [0.25, 0.3) is 5.91 Å². The van der Waals surface area contributed by atoms with Gasteiger partial charge in [0.15, 0.2) is 0 Å². The Hall–Kier alpha value is -1.99. The fourth-order valence-corrected chi connectivity index (χ4v) is 3.05. The highest BCUT2D eigenvalue weighted by atomic mass is 35.5. The summed E-state index contributed by atoms with van der Waals surface area (Å²) < 4.78 is 27.6. The van der Waals surface area contributed by atoms with Gasteiger partial charge in [-0.1, -0.05) is 17.7 Å². The molecule has 2 rings (SSSR count). The van der Waals surface area contributed by atoms with Crippen LogP contribution in [-0.2, 0) is 11.3 Å². The van der Waals surface area contributed by atoms with Gasteiger partial charge >= 0.3 is 0 Å². The van der Waals surface area contributed by atoms with Gasteiger partial charge in [-0.25, -0.2) is 8.78 Å². The van der Waals surface area contributed by atoms with Gasteiger partial charge in [-0.15, -0.1) is 0 Å². The summed E-state index contributed by atoms with van der Waals surface area (Å²) in [5.41, 5.74) is 0.277. The highest BCUT2D eigenvalue weighted by molar-refractivity contribution is 6.43. The van der Waals surface area contributed by atoms with E-state index in [1.165, 1.54) is 25.2 Å². The van der Waals surface area contributed by atoms with Crippen molar-refractivity contribution < 1.29 is 13.6 Å². The molecule has 5 nitrogen and oxygen atoms in total. The SMILES string of the molecule is CNC(=O)/C(Cl)=C(\C=N)NC1CCCN(Cc2c(F)cccc2F)C1. The number of benzene rings is 1. The standard InChI is InChI=1S/C17H21ClF2N4O/c1-22-17(25)16(18)15(8-21)23-11-4-3-7-24(9-11)10-12-13(19)5-2-6-14(12)20/h2,5-6,8,11,21,23H,3-4,7,9-10H2,1H3,(H,22,25)/b16-15-,21-8?. The molecule has 1 aliphatic rings. The molecule has 0 aromatic heterocycles. The summed E-state index contributed by atoms with van der Waals surface area (Å²) in [6.45, 7) is 1.42. The lowest BCUT2D eigenvalue weighted by molar-refractivity contribution is -0.116. The van der Waals surface area contributed by atoms with Gasteiger partial charge in [0, 0.05) is 38.0 Å². The fourth-order valence-electron chi connectivity index (χ4n) is 2.84. The van der Waals surface area contributed by atoms with Gasteiger partial charge in [0.1, 0.15) is 16.7 Å². The molecule has 1 aromatic carbocycles. The number of likely N-dealkylation sites (N-methyl/N-ethyl adjacent to an activating group) is 1. The molecule has 0 bridgehead atoms. The summed E-state index contributed by atoms with van der Waals surface area (Å²) in [5, 5.41) is 12.8. The number of hydrogen-bond acceptors (Lipinski definition) is 4. The van der Waals surface area contributed by atoms with E-state index >= 15 is 0 Å². The van der Waals surface area contributed by atoms with Crippen molar-refractivity contribution in [2.45, 2.75) is 25.4 Å². The third kappa shape index (κ3) is 4.99. The topological polar surface area (TPSA) is 68.2 Å². The van der Waals surface area contributed by atoms with Crippen LogP contribution < -0.4 is 10.6 Å². The quantitative estimate of drug-likeness (QED) is 0.532. The lowest BCUT2D eigenvalue weighted by Crippen LogP contribution is -2.45. The third-order valence-corrected chi connectivity index (χ3v) is 4.49. The molecule has 0 spiro atoms. The zero-order valence-corrected chi connectivity index (χ0v) is 14.7. The van der Waals surface area contributed by atoms with Crippen molar-refractivity contribution in [2.75, 3.05) is 20.1 Å². The minimum Gasteiger partial charge on any atom is -0.378 e. The zero-order chi connectivity index (χ0) is 18.4. The van der Waals surface area contributed by atoms with Crippen molar-refractivity contribution in [3.8, 4) is 0 Å². The Labute approximate surface area is 150 Å². The molecule has 25 heavy (non-hydrogen) atoms. The molecule has 1 unspecified atom stereocenters. The molecule has 1 fully saturated rings. The number of piperidine rings is 1. The van der Waals surface area contributed by atoms with Crippen LogP contribution in [-0.4, -0.2) is 43.2 Å².